The first-order valence-corrected chi connectivity index (χ1v) is 7.83. The molecule has 23 heavy (non-hydrogen) atoms. The summed E-state index contributed by atoms with van der Waals surface area (Å²) < 4.78 is 5.44. The van der Waals surface area contributed by atoms with Crippen LogP contribution in [-0.2, 0) is 9.53 Å². The van der Waals surface area contributed by atoms with Gasteiger partial charge in [0.2, 0.25) is 0 Å². The van der Waals surface area contributed by atoms with Gasteiger partial charge in [0.1, 0.15) is 17.7 Å². The molecular formula is C16H24N4O3. The van der Waals surface area contributed by atoms with Crippen LogP contribution in [0.1, 0.15) is 40.5 Å². The monoisotopic (exact) mass is 320 g/mol. The molecule has 1 aliphatic heterocycles. The van der Waals surface area contributed by atoms with Crippen molar-refractivity contribution in [2.45, 2.75) is 52.2 Å². The smallest absolute Gasteiger partial charge is 0.323 e. The molecule has 126 valence electrons. The number of carbonyl (C=O) groups excluding carboxylic acids is 2. The lowest BCUT2D eigenvalue weighted by Gasteiger charge is -2.37. The molecule has 0 radical (unpaired) electrons. The number of hydrogen-bond donors (Lipinski definition) is 1. The fraction of sp³-hybridized carbons (Fsp3) is 0.625. The number of urea groups is 1. The van der Waals surface area contributed by atoms with Crippen LogP contribution in [0.15, 0.2) is 18.6 Å². The second kappa shape index (κ2) is 6.93. The van der Waals surface area contributed by atoms with Gasteiger partial charge in [-0.25, -0.2) is 14.8 Å². The lowest BCUT2D eigenvalue weighted by molar-refractivity contribution is -0.161. The number of hydrogen-bond acceptors (Lipinski definition) is 5. The molecule has 2 atom stereocenters. The maximum Gasteiger partial charge on any atom is 0.323 e. The van der Waals surface area contributed by atoms with Crippen molar-refractivity contribution in [1.29, 1.82) is 0 Å². The van der Waals surface area contributed by atoms with Gasteiger partial charge in [-0.1, -0.05) is 0 Å². The number of anilines is 1. The molecule has 1 aliphatic rings. The van der Waals surface area contributed by atoms with E-state index >= 15 is 0 Å². The van der Waals surface area contributed by atoms with Gasteiger partial charge in [0.25, 0.3) is 0 Å². The van der Waals surface area contributed by atoms with Crippen molar-refractivity contribution >= 4 is 17.8 Å². The summed E-state index contributed by atoms with van der Waals surface area (Å²) in [4.78, 5) is 34.1. The van der Waals surface area contributed by atoms with Gasteiger partial charge >= 0.3 is 12.0 Å². The van der Waals surface area contributed by atoms with E-state index in [1.54, 1.807) is 17.2 Å². The summed E-state index contributed by atoms with van der Waals surface area (Å²) in [5.41, 5.74) is -0.520. The molecule has 2 rings (SSSR count). The van der Waals surface area contributed by atoms with Crippen LogP contribution >= 0.6 is 0 Å². The second-order valence-corrected chi connectivity index (χ2v) is 6.83. The van der Waals surface area contributed by atoms with Gasteiger partial charge in [0, 0.05) is 18.8 Å². The number of nitrogens with zero attached hydrogens (tertiary/aromatic N) is 3. The molecule has 7 nitrogen and oxygen atoms in total. The molecule has 0 bridgehead atoms. The van der Waals surface area contributed by atoms with Crippen LogP contribution in [0.4, 0.5) is 10.6 Å². The molecule has 1 aromatic rings. The molecule has 1 aromatic heterocycles. The number of piperidine rings is 1. The number of amides is 2. The highest BCUT2D eigenvalue weighted by Crippen LogP contribution is 2.25. The predicted molar refractivity (Wildman–Crippen MR) is 85.8 cm³/mol. The van der Waals surface area contributed by atoms with Crippen LogP contribution in [0.5, 0.6) is 0 Å². The van der Waals surface area contributed by atoms with E-state index in [4.69, 9.17) is 4.74 Å². The van der Waals surface area contributed by atoms with Crippen molar-refractivity contribution in [3.8, 4) is 0 Å². The van der Waals surface area contributed by atoms with E-state index in [9.17, 15) is 9.59 Å². The van der Waals surface area contributed by atoms with E-state index in [-0.39, 0.29) is 24.0 Å². The van der Waals surface area contributed by atoms with Gasteiger partial charge in [-0.3, -0.25) is 10.1 Å². The first-order chi connectivity index (χ1) is 10.8. The van der Waals surface area contributed by atoms with Crippen molar-refractivity contribution in [2.75, 3.05) is 11.9 Å². The summed E-state index contributed by atoms with van der Waals surface area (Å²) in [5, 5.41) is 2.73. The third kappa shape index (κ3) is 4.91. The Bertz CT molecular complexity index is 556. The normalized spacial score (nSPS) is 21.7. The summed E-state index contributed by atoms with van der Waals surface area (Å²) >= 11 is 0. The number of nitrogens with one attached hydrogen (secondary N) is 1. The number of carbonyl (C=O) groups is 2. The molecule has 1 fully saturated rings. The van der Waals surface area contributed by atoms with Crippen LogP contribution < -0.4 is 5.32 Å². The molecule has 2 heterocycles. The van der Waals surface area contributed by atoms with Crippen molar-refractivity contribution < 1.29 is 14.3 Å². The topological polar surface area (TPSA) is 84.4 Å². The van der Waals surface area contributed by atoms with Gasteiger partial charge in [-0.15, -0.1) is 0 Å². The van der Waals surface area contributed by atoms with Crippen LogP contribution in [0.25, 0.3) is 0 Å². The Morgan fingerprint density at radius 3 is 2.70 bits per heavy atom. The highest BCUT2D eigenvalue weighted by Gasteiger charge is 2.35. The third-order valence-electron chi connectivity index (χ3n) is 3.70. The molecule has 0 spiro atoms. The largest absolute Gasteiger partial charge is 0.460 e. The highest BCUT2D eigenvalue weighted by molar-refractivity contribution is 5.89. The zero-order valence-corrected chi connectivity index (χ0v) is 14.1. The molecular weight excluding hydrogens is 296 g/mol. The Labute approximate surface area is 136 Å². The number of esters is 1. The van der Waals surface area contributed by atoms with Crippen LogP contribution in [-0.4, -0.2) is 45.1 Å². The maximum atomic E-state index is 12.4. The second-order valence-electron chi connectivity index (χ2n) is 6.83. The van der Waals surface area contributed by atoms with Gasteiger partial charge in [-0.05, 0) is 46.6 Å². The molecule has 2 unspecified atom stereocenters. The van der Waals surface area contributed by atoms with Crippen LogP contribution in [0.3, 0.4) is 0 Å². The molecule has 7 heteroatoms. The summed E-state index contributed by atoms with van der Waals surface area (Å²) in [6.07, 6.45) is 4.43. The van der Waals surface area contributed by atoms with Crippen LogP contribution in [0.2, 0.25) is 0 Å². The van der Waals surface area contributed by atoms with Gasteiger partial charge < -0.3 is 9.64 Å². The van der Waals surface area contributed by atoms with E-state index in [1.165, 1.54) is 6.33 Å². The first-order valence-electron chi connectivity index (χ1n) is 7.83. The summed E-state index contributed by atoms with van der Waals surface area (Å²) in [6.45, 7) is 7.86. The van der Waals surface area contributed by atoms with Crippen molar-refractivity contribution in [1.82, 2.24) is 14.9 Å². The fourth-order valence-electron chi connectivity index (χ4n) is 2.51. The standard InChI is InChI=1S/C16H24N4O3/c1-11-5-6-12(14(21)23-16(2,3)4)9-20(11)15(22)19-13-7-8-17-10-18-13/h7-8,10-12H,5-6,9H2,1-4H3,(H,17,18,19,22). The molecule has 0 aliphatic carbocycles. The molecule has 0 aromatic carbocycles. The zero-order valence-electron chi connectivity index (χ0n) is 14.1. The van der Waals surface area contributed by atoms with E-state index < -0.39 is 5.60 Å². The lowest BCUT2D eigenvalue weighted by Crippen LogP contribution is -2.50. The Morgan fingerprint density at radius 1 is 1.35 bits per heavy atom. The van der Waals surface area contributed by atoms with Gasteiger partial charge in [0.05, 0.1) is 5.92 Å². The van der Waals surface area contributed by atoms with E-state index in [1.807, 2.05) is 27.7 Å². The molecule has 2 amide bonds. The van der Waals surface area contributed by atoms with Crippen molar-refractivity contribution in [2.24, 2.45) is 5.92 Å². The number of rotatable bonds is 2. The average Bonchev–Trinajstić information content (AvgIpc) is 2.46. The number of ether oxygens (including phenoxy) is 1. The highest BCUT2D eigenvalue weighted by atomic mass is 16.6. The zero-order chi connectivity index (χ0) is 17.0. The van der Waals surface area contributed by atoms with E-state index in [2.05, 4.69) is 15.3 Å². The van der Waals surface area contributed by atoms with Crippen LogP contribution in [0, 0.1) is 5.92 Å². The lowest BCUT2D eigenvalue weighted by atomic mass is 9.93. The third-order valence-corrected chi connectivity index (χ3v) is 3.70. The quantitative estimate of drug-likeness (QED) is 0.846. The minimum absolute atomic E-state index is 0.0653. The average molecular weight is 320 g/mol. The van der Waals surface area contributed by atoms with E-state index in [0.717, 1.165) is 12.8 Å². The minimum atomic E-state index is -0.520. The molecule has 0 saturated carbocycles. The Kier molecular flexibility index (Phi) is 5.18. The number of aromatic nitrogens is 2. The first kappa shape index (κ1) is 17.2. The Balaban J connectivity index is 2.00. The molecule has 1 saturated heterocycles. The Hall–Kier alpha value is -2.18. The maximum absolute atomic E-state index is 12.4. The fourth-order valence-corrected chi connectivity index (χ4v) is 2.51. The summed E-state index contributed by atoms with van der Waals surface area (Å²) in [5.74, 6) is -0.0950. The summed E-state index contributed by atoms with van der Waals surface area (Å²) in [6, 6.07) is 1.43. The molecule has 1 N–H and O–H groups in total. The van der Waals surface area contributed by atoms with Gasteiger partial charge in [0.15, 0.2) is 0 Å². The number of likely N-dealkylation sites (tertiary alicyclic amines) is 1. The van der Waals surface area contributed by atoms with E-state index in [0.29, 0.717) is 12.4 Å². The minimum Gasteiger partial charge on any atom is -0.460 e. The summed E-state index contributed by atoms with van der Waals surface area (Å²) in [7, 11) is 0. The van der Waals surface area contributed by atoms with Crippen molar-refractivity contribution in [3.05, 3.63) is 18.6 Å². The van der Waals surface area contributed by atoms with Gasteiger partial charge in [-0.2, -0.15) is 0 Å². The Morgan fingerprint density at radius 2 is 2.09 bits per heavy atom. The van der Waals surface area contributed by atoms with Crippen molar-refractivity contribution in [3.63, 3.8) is 0 Å². The SMILES string of the molecule is CC1CCC(C(=O)OC(C)(C)C)CN1C(=O)Nc1ccncn1. The predicted octanol–water partition coefficient (Wildman–Crippen LogP) is 2.45.